The molecule has 0 bridgehead atoms. The first kappa shape index (κ1) is 37.9. The van der Waals surface area contributed by atoms with Gasteiger partial charge in [0, 0.05) is 24.1 Å². The monoisotopic (exact) mass is 740 g/mol. The van der Waals surface area contributed by atoms with Crippen LogP contribution in [0.1, 0.15) is 28.6 Å². The molecule has 0 aliphatic carbocycles. The van der Waals surface area contributed by atoms with Crippen molar-refractivity contribution in [2.45, 2.75) is 24.9 Å². The molecule has 1 aromatic carbocycles. The second-order valence-corrected chi connectivity index (χ2v) is 13.3. The molecule has 21 nitrogen and oxygen atoms in total. The smallest absolute Gasteiger partial charge is 0.390 e. The van der Waals surface area contributed by atoms with Gasteiger partial charge in [0.15, 0.2) is 23.3 Å². The number of phosphoric acid groups is 3. The Labute approximate surface area is 256 Å². The summed E-state index contributed by atoms with van der Waals surface area (Å²) in [5, 5.41) is 14.6. The number of amides is 1. The Hall–Kier alpha value is -3.53. The largest absolute Gasteiger partial charge is 0.490 e. The van der Waals surface area contributed by atoms with Crippen LogP contribution in [0.25, 0.3) is 16.5 Å². The molecule has 1 aliphatic rings. The number of aromatic nitrogens is 2. The molecule has 0 spiro atoms. The van der Waals surface area contributed by atoms with E-state index < -0.39 is 113 Å². The van der Waals surface area contributed by atoms with Gasteiger partial charge in [-0.05, 0) is 5.53 Å². The maximum absolute atomic E-state index is 14.2. The second-order valence-electron chi connectivity index (χ2n) is 8.85. The van der Waals surface area contributed by atoms with Crippen molar-refractivity contribution in [1.29, 1.82) is 0 Å². The number of carbonyl (C=O) groups is 1. The van der Waals surface area contributed by atoms with Gasteiger partial charge in [-0.3, -0.25) is 23.7 Å². The van der Waals surface area contributed by atoms with Gasteiger partial charge in [-0.1, -0.05) is 17.3 Å². The van der Waals surface area contributed by atoms with E-state index in [-0.39, 0.29) is 5.56 Å². The lowest BCUT2D eigenvalue weighted by Crippen LogP contribution is -2.33. The molecule has 1 aliphatic heterocycles. The fraction of sp³-hybridized carbons (Fsp3) is 0.316. The molecule has 1 amide bonds. The van der Waals surface area contributed by atoms with Gasteiger partial charge in [-0.2, -0.15) is 8.62 Å². The first-order chi connectivity index (χ1) is 21.7. The zero-order chi connectivity index (χ0) is 35.5. The number of ether oxygens (including phenoxy) is 1. The summed E-state index contributed by atoms with van der Waals surface area (Å²) in [5.41, 5.74) is 2.53. The van der Waals surface area contributed by atoms with E-state index in [0.29, 0.717) is 0 Å². The lowest BCUT2D eigenvalue weighted by molar-refractivity contribution is -0.0450. The summed E-state index contributed by atoms with van der Waals surface area (Å²) in [7, 11) is -17.1. The van der Waals surface area contributed by atoms with Crippen molar-refractivity contribution in [3.63, 3.8) is 0 Å². The minimum absolute atomic E-state index is 0.318. The molecular formula is C19H19F4N6O15P3. The quantitative estimate of drug-likeness (QED) is 0.0382. The SMILES string of the molecule is [N-]=[N+]=Nc1c(F)c(F)c(C(=O)NCC=Cc2cn([C@H]3C[C@H](O)[C@@H](COP(=O)(O)OP(=O)(O)OP(=O)(O)O)O3)c(=O)[nH]c2=O)c(F)c1F. The highest BCUT2D eigenvalue weighted by Gasteiger charge is 2.43. The molecule has 47 heavy (non-hydrogen) atoms. The molecule has 1 fully saturated rings. The number of aliphatic hydroxyl groups is 1. The Kier molecular flexibility index (Phi) is 11.9. The Morgan fingerprint density at radius 3 is 2.30 bits per heavy atom. The molecule has 0 saturated carbocycles. The van der Waals surface area contributed by atoms with E-state index in [9.17, 15) is 60.5 Å². The van der Waals surface area contributed by atoms with Crippen molar-refractivity contribution >= 4 is 41.1 Å². The van der Waals surface area contributed by atoms with Crippen LogP contribution in [0, 0.1) is 23.3 Å². The van der Waals surface area contributed by atoms with Gasteiger partial charge >= 0.3 is 29.2 Å². The first-order valence-electron chi connectivity index (χ1n) is 12.0. The van der Waals surface area contributed by atoms with Crippen molar-refractivity contribution in [1.82, 2.24) is 14.9 Å². The third-order valence-electron chi connectivity index (χ3n) is 5.62. The summed E-state index contributed by atoms with van der Waals surface area (Å²) in [6.45, 7) is -1.67. The van der Waals surface area contributed by atoms with Gasteiger partial charge in [0.25, 0.3) is 11.5 Å². The van der Waals surface area contributed by atoms with Crippen molar-refractivity contribution in [3.05, 3.63) is 77.9 Å². The van der Waals surface area contributed by atoms with Gasteiger partial charge in [0.05, 0.1) is 18.3 Å². The number of azide groups is 1. The zero-order valence-corrected chi connectivity index (χ0v) is 25.2. The molecule has 5 atom stereocenters. The number of hydrogen-bond donors (Lipinski definition) is 7. The molecule has 2 aromatic rings. The van der Waals surface area contributed by atoms with Crippen LogP contribution in [-0.4, -0.2) is 65.5 Å². The molecule has 2 unspecified atom stereocenters. The van der Waals surface area contributed by atoms with Crippen molar-refractivity contribution in [3.8, 4) is 0 Å². The maximum Gasteiger partial charge on any atom is 0.490 e. The zero-order valence-electron chi connectivity index (χ0n) is 22.5. The predicted molar refractivity (Wildman–Crippen MR) is 142 cm³/mol. The number of aromatic amines is 1. The molecule has 0 radical (unpaired) electrons. The van der Waals surface area contributed by atoms with Gasteiger partial charge in [0.2, 0.25) is 0 Å². The molecule has 7 N–H and O–H groups in total. The van der Waals surface area contributed by atoms with Crippen molar-refractivity contribution < 1.29 is 78.6 Å². The number of benzene rings is 1. The summed E-state index contributed by atoms with van der Waals surface area (Å²) < 4.78 is 108. The lowest BCUT2D eigenvalue weighted by Gasteiger charge is -2.19. The Balaban J connectivity index is 1.68. The van der Waals surface area contributed by atoms with Crippen LogP contribution in [-0.2, 0) is 31.6 Å². The minimum Gasteiger partial charge on any atom is -0.390 e. The number of H-pyrrole nitrogens is 1. The van der Waals surface area contributed by atoms with Crippen molar-refractivity contribution in [2.24, 2.45) is 5.11 Å². The van der Waals surface area contributed by atoms with Crippen LogP contribution >= 0.6 is 23.5 Å². The number of phosphoric ester groups is 1. The standard InChI is InChI=1S/C19H19F4N6O15P3/c20-12-11(13(21)15(23)16(14(12)22)27-28-24)18(32)25-3-1-2-7-5-29(19(33)26-17(7)31)10-4-8(30)9(42-10)6-41-46(37,38)44-47(39,40)43-45(34,35)36/h1-2,5,8-10,30H,3-4,6H2,(H,25,32)(H,37,38)(H,39,40)(H,26,31,33)(H2,34,35,36)/t8-,9+,10+/m0/s1. The Morgan fingerprint density at radius 1 is 1.11 bits per heavy atom. The van der Waals surface area contributed by atoms with E-state index in [2.05, 4.69) is 18.3 Å². The fourth-order valence-electron chi connectivity index (χ4n) is 3.72. The highest BCUT2D eigenvalue weighted by atomic mass is 31.3. The number of nitrogens with one attached hydrogen (secondary N) is 2. The normalized spacial score (nSPS) is 20.8. The Morgan fingerprint density at radius 2 is 1.72 bits per heavy atom. The summed E-state index contributed by atoms with van der Waals surface area (Å²) >= 11 is 0. The van der Waals surface area contributed by atoms with E-state index in [1.54, 1.807) is 0 Å². The second kappa shape index (κ2) is 14.7. The molecule has 258 valence electrons. The highest BCUT2D eigenvalue weighted by molar-refractivity contribution is 7.66. The topological polar surface area (TPSA) is 322 Å². The molecule has 2 heterocycles. The average Bonchev–Trinajstić information content (AvgIpc) is 3.30. The van der Waals surface area contributed by atoms with E-state index in [0.717, 1.165) is 22.9 Å². The van der Waals surface area contributed by atoms with Crippen LogP contribution in [0.2, 0.25) is 0 Å². The molecule has 3 rings (SSSR count). The van der Waals surface area contributed by atoms with Crippen LogP contribution in [0.4, 0.5) is 23.2 Å². The lowest BCUT2D eigenvalue weighted by atomic mass is 10.1. The third kappa shape index (κ3) is 9.75. The van der Waals surface area contributed by atoms with Gasteiger partial charge < -0.3 is 34.7 Å². The predicted octanol–water partition coefficient (Wildman–Crippen LogP) is 1.47. The summed E-state index contributed by atoms with van der Waals surface area (Å²) in [5.74, 6) is -10.2. The number of aliphatic hydroxyl groups excluding tert-OH is 1. The fourth-order valence-corrected chi connectivity index (χ4v) is 6.75. The Bertz CT molecular complexity index is 1880. The van der Waals surface area contributed by atoms with E-state index in [1.165, 1.54) is 0 Å². The van der Waals surface area contributed by atoms with E-state index in [1.807, 2.05) is 15.2 Å². The third-order valence-corrected chi connectivity index (χ3v) is 9.42. The molecular weight excluding hydrogens is 721 g/mol. The van der Waals surface area contributed by atoms with Crippen molar-refractivity contribution in [2.75, 3.05) is 13.2 Å². The summed E-state index contributed by atoms with van der Waals surface area (Å²) in [4.78, 5) is 76.6. The number of rotatable bonds is 13. The van der Waals surface area contributed by atoms with Crippen LogP contribution in [0.15, 0.2) is 27.0 Å². The summed E-state index contributed by atoms with van der Waals surface area (Å²) in [6, 6.07) is 0. The number of carbonyl (C=O) groups excluding carboxylic acids is 1. The van der Waals surface area contributed by atoms with E-state index in [4.69, 9.17) is 20.1 Å². The minimum atomic E-state index is -5.83. The molecule has 1 saturated heterocycles. The molecule has 1 aromatic heterocycles. The van der Waals surface area contributed by atoms with Crippen LogP contribution < -0.4 is 16.6 Å². The number of nitrogens with zero attached hydrogens (tertiary/aromatic N) is 4. The van der Waals surface area contributed by atoms with Crippen LogP contribution in [0.3, 0.4) is 0 Å². The van der Waals surface area contributed by atoms with Crippen LogP contribution in [0.5, 0.6) is 0 Å². The summed E-state index contributed by atoms with van der Waals surface area (Å²) in [6.07, 6.45) is -2.01. The first-order valence-corrected chi connectivity index (χ1v) is 16.5. The van der Waals surface area contributed by atoms with Gasteiger partial charge in [0.1, 0.15) is 23.6 Å². The molecule has 28 heteroatoms. The maximum atomic E-state index is 14.2. The number of hydrogen-bond acceptors (Lipinski definition) is 12. The average molecular weight is 740 g/mol. The van der Waals surface area contributed by atoms with Gasteiger partial charge in [-0.25, -0.2) is 36.1 Å². The number of halogens is 4. The van der Waals surface area contributed by atoms with Gasteiger partial charge in [-0.15, -0.1) is 0 Å². The van der Waals surface area contributed by atoms with E-state index >= 15 is 0 Å². The highest BCUT2D eigenvalue weighted by Crippen LogP contribution is 2.66.